The van der Waals surface area contributed by atoms with E-state index in [1.54, 1.807) is 6.07 Å². The van der Waals surface area contributed by atoms with Crippen molar-refractivity contribution < 1.29 is 32.6 Å². The molecule has 0 bridgehead atoms. The molecule has 0 fully saturated rings. The Morgan fingerprint density at radius 1 is 1.06 bits per heavy atom. The first-order chi connectivity index (χ1) is 14.7. The summed E-state index contributed by atoms with van der Waals surface area (Å²) in [6.07, 6.45) is 0.747. The summed E-state index contributed by atoms with van der Waals surface area (Å²) in [6, 6.07) is 9.07. The minimum absolute atomic E-state index is 0.102. The summed E-state index contributed by atoms with van der Waals surface area (Å²) in [4.78, 5) is 24.7. The zero-order valence-corrected chi connectivity index (χ0v) is 15.6. The molecule has 2 aromatic carbocycles. The Kier molecular flexibility index (Phi) is 6.29. The number of carbonyl (C=O) groups is 2. The molecule has 0 aliphatic carbocycles. The highest BCUT2D eigenvalue weighted by Crippen LogP contribution is 2.31. The number of aromatic hydroxyl groups is 1. The van der Waals surface area contributed by atoms with Crippen molar-refractivity contribution in [2.45, 2.75) is 6.18 Å². The van der Waals surface area contributed by atoms with Crippen LogP contribution < -0.4 is 10.1 Å². The molecule has 158 valence electrons. The lowest BCUT2D eigenvalue weighted by Gasteiger charge is -2.12. The van der Waals surface area contributed by atoms with Gasteiger partial charge in [-0.1, -0.05) is 6.07 Å². The number of phenolic OH excluding ortho intramolecular Hbond substituents is 1. The summed E-state index contributed by atoms with van der Waals surface area (Å²) in [6.45, 7) is 0. The Morgan fingerprint density at radius 2 is 1.87 bits per heavy atom. The smallest absolute Gasteiger partial charge is 0.416 e. The zero-order valence-electron chi connectivity index (χ0n) is 15.6. The fraction of sp³-hybridized carbons (Fsp3) is 0.0476. The number of nitrogens with zero attached hydrogens (tertiary/aromatic N) is 2. The van der Waals surface area contributed by atoms with Crippen molar-refractivity contribution in [3.05, 3.63) is 83.7 Å². The summed E-state index contributed by atoms with van der Waals surface area (Å²) in [7, 11) is 0. The number of phenols is 1. The van der Waals surface area contributed by atoms with Crippen molar-refractivity contribution in [2.24, 2.45) is 0 Å². The van der Waals surface area contributed by atoms with E-state index in [0.717, 1.165) is 30.3 Å². The van der Waals surface area contributed by atoms with E-state index in [1.807, 2.05) is 0 Å². The monoisotopic (exact) mass is 429 g/mol. The molecule has 0 unspecified atom stereocenters. The summed E-state index contributed by atoms with van der Waals surface area (Å²) in [5.74, 6) is -2.23. The van der Waals surface area contributed by atoms with Crippen LogP contribution in [0.25, 0.3) is 6.08 Å². The topological polar surface area (TPSA) is 101 Å². The number of rotatable bonds is 5. The van der Waals surface area contributed by atoms with Crippen LogP contribution >= 0.6 is 0 Å². The number of nitrogens with one attached hydrogen (secondary N) is 1. The van der Waals surface area contributed by atoms with Gasteiger partial charge in [-0.25, -0.2) is 4.79 Å². The normalized spacial score (nSPS) is 11.3. The molecule has 7 nitrogen and oxygen atoms in total. The number of carbonyl (C=O) groups excluding carboxylic acids is 2. The molecule has 0 aliphatic heterocycles. The standard InChI is InChI=1S/C21H14F3N3O4/c22-21(23,24)14-2-1-3-15(10-14)27-20(30)17-6-5-16(28)11-18(17)31-19(29)7-4-13-8-9-25-26-12-13/h1-12,28H,(H,27,30)/b7-4+. The average Bonchev–Trinajstić information content (AvgIpc) is 2.72. The van der Waals surface area contributed by atoms with Crippen LogP contribution in [0.2, 0.25) is 0 Å². The van der Waals surface area contributed by atoms with Crippen LogP contribution in [0.4, 0.5) is 18.9 Å². The maximum Gasteiger partial charge on any atom is 0.416 e. The maximum absolute atomic E-state index is 12.9. The van der Waals surface area contributed by atoms with Crippen LogP contribution in [0.3, 0.4) is 0 Å². The molecule has 0 atom stereocenters. The van der Waals surface area contributed by atoms with Crippen molar-refractivity contribution in [3.63, 3.8) is 0 Å². The van der Waals surface area contributed by atoms with Crippen LogP contribution in [0.15, 0.2) is 67.0 Å². The van der Waals surface area contributed by atoms with Gasteiger partial charge in [0.1, 0.15) is 11.5 Å². The lowest BCUT2D eigenvalue weighted by molar-refractivity contribution is -0.137. The highest BCUT2D eigenvalue weighted by atomic mass is 19.4. The van der Waals surface area contributed by atoms with Crippen LogP contribution in [0.1, 0.15) is 21.5 Å². The molecule has 3 aromatic rings. The third-order valence-electron chi connectivity index (χ3n) is 3.89. The number of ether oxygens (including phenoxy) is 1. The Labute approximate surface area is 173 Å². The van der Waals surface area contributed by atoms with E-state index < -0.39 is 23.6 Å². The van der Waals surface area contributed by atoms with Crippen molar-refractivity contribution >= 4 is 23.6 Å². The van der Waals surface area contributed by atoms with Gasteiger partial charge in [0.25, 0.3) is 5.91 Å². The number of hydrogen-bond acceptors (Lipinski definition) is 6. The van der Waals surface area contributed by atoms with E-state index in [-0.39, 0.29) is 22.7 Å². The first kappa shape index (κ1) is 21.5. The quantitative estimate of drug-likeness (QED) is 0.360. The van der Waals surface area contributed by atoms with E-state index in [0.29, 0.717) is 5.56 Å². The van der Waals surface area contributed by atoms with Crippen LogP contribution in [0.5, 0.6) is 11.5 Å². The van der Waals surface area contributed by atoms with E-state index >= 15 is 0 Å². The highest BCUT2D eigenvalue weighted by molar-refractivity contribution is 6.07. The third-order valence-corrected chi connectivity index (χ3v) is 3.89. The number of benzene rings is 2. The second-order valence-electron chi connectivity index (χ2n) is 6.14. The van der Waals surface area contributed by atoms with Gasteiger partial charge in [-0.15, -0.1) is 0 Å². The van der Waals surface area contributed by atoms with Gasteiger partial charge in [0.2, 0.25) is 0 Å². The van der Waals surface area contributed by atoms with Crippen molar-refractivity contribution in [1.82, 2.24) is 10.2 Å². The number of anilines is 1. The molecule has 31 heavy (non-hydrogen) atoms. The lowest BCUT2D eigenvalue weighted by Crippen LogP contribution is -2.16. The minimum Gasteiger partial charge on any atom is -0.508 e. The predicted molar refractivity (Wildman–Crippen MR) is 104 cm³/mol. The van der Waals surface area contributed by atoms with E-state index in [4.69, 9.17) is 4.74 Å². The number of hydrogen-bond donors (Lipinski definition) is 2. The molecule has 10 heteroatoms. The van der Waals surface area contributed by atoms with Crippen LogP contribution in [-0.2, 0) is 11.0 Å². The molecular formula is C21H14F3N3O4. The predicted octanol–water partition coefficient (Wildman–Crippen LogP) is 4.07. The Morgan fingerprint density at radius 3 is 2.58 bits per heavy atom. The molecule has 1 amide bonds. The van der Waals surface area contributed by atoms with Crippen molar-refractivity contribution in [2.75, 3.05) is 5.32 Å². The Balaban J connectivity index is 1.78. The zero-order chi connectivity index (χ0) is 22.4. The van der Waals surface area contributed by atoms with E-state index in [1.165, 1.54) is 36.7 Å². The summed E-state index contributed by atoms with van der Waals surface area (Å²) in [5, 5.41) is 19.2. The number of esters is 1. The molecule has 0 saturated heterocycles. The number of halogens is 3. The Hall–Kier alpha value is -4.21. The fourth-order valence-electron chi connectivity index (χ4n) is 2.46. The van der Waals surface area contributed by atoms with Crippen molar-refractivity contribution in [1.29, 1.82) is 0 Å². The SMILES string of the molecule is O=C(/C=C/c1ccnnc1)Oc1cc(O)ccc1C(=O)Nc1cccc(C(F)(F)F)c1. The summed E-state index contributed by atoms with van der Waals surface area (Å²) < 4.78 is 43.7. The average molecular weight is 429 g/mol. The van der Waals surface area contributed by atoms with Gasteiger partial charge in [0.15, 0.2) is 0 Å². The molecule has 3 rings (SSSR count). The maximum atomic E-state index is 12.9. The molecule has 0 radical (unpaired) electrons. The molecule has 1 aromatic heterocycles. The molecule has 0 aliphatic rings. The fourth-order valence-corrected chi connectivity index (χ4v) is 2.46. The van der Waals surface area contributed by atoms with Gasteiger partial charge in [-0.2, -0.15) is 23.4 Å². The van der Waals surface area contributed by atoms with Gasteiger partial charge in [0, 0.05) is 17.8 Å². The molecule has 2 N–H and O–H groups in total. The minimum atomic E-state index is -4.57. The van der Waals surface area contributed by atoms with E-state index in [9.17, 15) is 27.9 Å². The number of amides is 1. The molecule has 1 heterocycles. The van der Waals surface area contributed by atoms with Crippen molar-refractivity contribution in [3.8, 4) is 11.5 Å². The second kappa shape index (κ2) is 9.08. The van der Waals surface area contributed by atoms with Crippen LogP contribution in [-0.4, -0.2) is 27.2 Å². The number of alkyl halides is 3. The molecule has 0 saturated carbocycles. The Bertz CT molecular complexity index is 1130. The van der Waals surface area contributed by atoms with Gasteiger partial charge in [-0.3, -0.25) is 4.79 Å². The second-order valence-corrected chi connectivity index (χ2v) is 6.14. The number of aromatic nitrogens is 2. The highest BCUT2D eigenvalue weighted by Gasteiger charge is 2.30. The van der Waals surface area contributed by atoms with Gasteiger partial charge in [0.05, 0.1) is 23.5 Å². The first-order valence-electron chi connectivity index (χ1n) is 8.70. The van der Waals surface area contributed by atoms with Gasteiger partial charge < -0.3 is 15.2 Å². The molecular weight excluding hydrogens is 415 g/mol. The van der Waals surface area contributed by atoms with Crippen LogP contribution in [0, 0.1) is 0 Å². The summed E-state index contributed by atoms with van der Waals surface area (Å²) in [5.41, 5.74) is -0.624. The van der Waals surface area contributed by atoms with Gasteiger partial charge in [-0.05, 0) is 48.0 Å². The first-order valence-corrected chi connectivity index (χ1v) is 8.70. The van der Waals surface area contributed by atoms with E-state index in [2.05, 4.69) is 15.5 Å². The molecule has 0 spiro atoms. The lowest BCUT2D eigenvalue weighted by atomic mass is 10.1. The largest absolute Gasteiger partial charge is 0.508 e. The third kappa shape index (κ3) is 5.89. The van der Waals surface area contributed by atoms with Gasteiger partial charge >= 0.3 is 12.1 Å². The summed E-state index contributed by atoms with van der Waals surface area (Å²) >= 11 is 0.